The lowest BCUT2D eigenvalue weighted by Crippen LogP contribution is -2.46. The van der Waals surface area contributed by atoms with Crippen LogP contribution in [0.15, 0.2) is 12.7 Å². The molecule has 0 aromatic carbocycles. The molecule has 1 aromatic heterocycles. The van der Waals surface area contributed by atoms with Gasteiger partial charge in [0.15, 0.2) is 0 Å². The Bertz CT molecular complexity index is 418. The van der Waals surface area contributed by atoms with Gasteiger partial charge in [-0.05, 0) is 19.3 Å². The van der Waals surface area contributed by atoms with E-state index in [1.54, 1.807) is 4.90 Å². The number of piperidine rings is 1. The van der Waals surface area contributed by atoms with Crippen LogP contribution < -0.4 is 0 Å². The number of rotatable bonds is 4. The number of hydrogen-bond acceptors (Lipinski definition) is 4. The molecule has 0 bridgehead atoms. The zero-order chi connectivity index (χ0) is 13.0. The third-order valence-electron chi connectivity index (χ3n) is 3.12. The molecule has 1 amide bonds. The number of carbonyl (C=O) groups excluding carboxylic acids is 1. The van der Waals surface area contributed by atoms with Gasteiger partial charge in [0.25, 0.3) is 0 Å². The maximum absolute atomic E-state index is 12.1. The molecule has 0 spiro atoms. The molecule has 1 aromatic rings. The molecule has 1 fully saturated rings. The number of nitrogens with zero attached hydrogens (tertiary/aromatic N) is 4. The molecule has 1 aliphatic rings. The highest BCUT2D eigenvalue weighted by atomic mass is 16.4. The van der Waals surface area contributed by atoms with Gasteiger partial charge in [-0.3, -0.25) is 9.59 Å². The third-order valence-corrected chi connectivity index (χ3v) is 3.12. The van der Waals surface area contributed by atoms with Crippen LogP contribution in [-0.2, 0) is 16.1 Å². The number of hydrogen-bond donors (Lipinski definition) is 1. The number of likely N-dealkylation sites (tertiary alicyclic amines) is 1. The minimum Gasteiger partial charge on any atom is -0.481 e. The molecule has 18 heavy (non-hydrogen) atoms. The first-order chi connectivity index (χ1) is 8.66. The average Bonchev–Trinajstić information content (AvgIpc) is 2.81. The Balaban J connectivity index is 1.99. The molecule has 1 N–H and O–H groups in total. The maximum atomic E-state index is 12.1. The summed E-state index contributed by atoms with van der Waals surface area (Å²) in [4.78, 5) is 28.3. The van der Waals surface area contributed by atoms with E-state index in [0.29, 0.717) is 6.54 Å². The van der Waals surface area contributed by atoms with Gasteiger partial charge in [0.05, 0.1) is 6.42 Å². The molecule has 0 radical (unpaired) electrons. The minimum absolute atomic E-state index is 0.0170. The standard InChI is InChI=1S/C11H16N4O3/c16-10(6-14-8-12-7-13-14)15-4-2-1-3-9(15)5-11(17)18/h7-9H,1-6H2,(H,17,18). The Hall–Kier alpha value is -1.92. The van der Waals surface area contributed by atoms with Crippen molar-refractivity contribution in [1.82, 2.24) is 19.7 Å². The fraction of sp³-hybridized carbons (Fsp3) is 0.636. The average molecular weight is 252 g/mol. The summed E-state index contributed by atoms with van der Waals surface area (Å²) < 4.78 is 1.45. The zero-order valence-corrected chi connectivity index (χ0v) is 10.0. The van der Waals surface area contributed by atoms with E-state index < -0.39 is 5.97 Å². The van der Waals surface area contributed by atoms with Crippen molar-refractivity contribution in [3.05, 3.63) is 12.7 Å². The Morgan fingerprint density at radius 2 is 2.22 bits per heavy atom. The molecule has 7 heteroatoms. The van der Waals surface area contributed by atoms with E-state index in [2.05, 4.69) is 10.1 Å². The van der Waals surface area contributed by atoms with Crippen LogP contribution in [-0.4, -0.2) is 49.2 Å². The van der Waals surface area contributed by atoms with Crippen LogP contribution in [0.2, 0.25) is 0 Å². The number of aliphatic carboxylic acids is 1. The highest BCUT2D eigenvalue weighted by Crippen LogP contribution is 2.20. The van der Waals surface area contributed by atoms with Gasteiger partial charge in [0.2, 0.25) is 5.91 Å². The molecule has 2 rings (SSSR count). The van der Waals surface area contributed by atoms with Crippen LogP contribution in [0.1, 0.15) is 25.7 Å². The van der Waals surface area contributed by atoms with Crippen LogP contribution in [0.25, 0.3) is 0 Å². The van der Waals surface area contributed by atoms with Crippen molar-refractivity contribution in [2.75, 3.05) is 6.54 Å². The molecule has 0 aliphatic carbocycles. The number of amides is 1. The van der Waals surface area contributed by atoms with E-state index >= 15 is 0 Å². The van der Waals surface area contributed by atoms with Gasteiger partial charge in [-0.1, -0.05) is 0 Å². The van der Waals surface area contributed by atoms with Gasteiger partial charge in [-0.25, -0.2) is 9.67 Å². The molecule has 0 saturated carbocycles. The minimum atomic E-state index is -0.861. The molecule has 1 unspecified atom stereocenters. The summed E-state index contributed by atoms with van der Waals surface area (Å²) in [5, 5.41) is 12.7. The fourth-order valence-electron chi connectivity index (χ4n) is 2.29. The second-order valence-corrected chi connectivity index (χ2v) is 4.43. The predicted molar refractivity (Wildman–Crippen MR) is 61.6 cm³/mol. The van der Waals surface area contributed by atoms with Gasteiger partial charge in [-0.15, -0.1) is 0 Å². The smallest absolute Gasteiger partial charge is 0.305 e. The summed E-state index contributed by atoms with van der Waals surface area (Å²) in [5.74, 6) is -0.952. The van der Waals surface area contributed by atoms with Gasteiger partial charge in [0, 0.05) is 12.6 Å². The number of carbonyl (C=O) groups is 2. The summed E-state index contributed by atoms with van der Waals surface area (Å²) in [5.41, 5.74) is 0. The summed E-state index contributed by atoms with van der Waals surface area (Å²) >= 11 is 0. The van der Waals surface area contributed by atoms with E-state index in [1.807, 2.05) is 0 Å². The zero-order valence-electron chi connectivity index (χ0n) is 10.0. The Morgan fingerprint density at radius 1 is 1.39 bits per heavy atom. The third kappa shape index (κ3) is 3.06. The number of carboxylic acids is 1. The molecule has 98 valence electrons. The van der Waals surface area contributed by atoms with Crippen molar-refractivity contribution < 1.29 is 14.7 Å². The molecule has 2 heterocycles. The quantitative estimate of drug-likeness (QED) is 0.823. The molecule has 1 atom stereocenters. The first-order valence-corrected chi connectivity index (χ1v) is 6.00. The van der Waals surface area contributed by atoms with Crippen molar-refractivity contribution >= 4 is 11.9 Å². The van der Waals surface area contributed by atoms with Crippen LogP contribution in [0, 0.1) is 0 Å². The summed E-state index contributed by atoms with van der Waals surface area (Å²) in [7, 11) is 0. The first kappa shape index (κ1) is 12.5. The lowest BCUT2D eigenvalue weighted by atomic mass is 9.99. The molecule has 7 nitrogen and oxygen atoms in total. The Labute approximate surface area is 104 Å². The number of aromatic nitrogens is 3. The Kier molecular flexibility index (Phi) is 3.91. The van der Waals surface area contributed by atoms with E-state index in [1.165, 1.54) is 17.3 Å². The number of carboxylic acid groups (broad SMARTS) is 1. The van der Waals surface area contributed by atoms with Gasteiger partial charge >= 0.3 is 5.97 Å². The lowest BCUT2D eigenvalue weighted by Gasteiger charge is -2.34. The van der Waals surface area contributed by atoms with Gasteiger partial charge in [0.1, 0.15) is 19.2 Å². The van der Waals surface area contributed by atoms with Gasteiger partial charge in [-0.2, -0.15) is 5.10 Å². The van der Waals surface area contributed by atoms with E-state index in [9.17, 15) is 9.59 Å². The van der Waals surface area contributed by atoms with E-state index in [-0.39, 0.29) is 24.9 Å². The Morgan fingerprint density at radius 3 is 2.89 bits per heavy atom. The van der Waals surface area contributed by atoms with Crippen LogP contribution in [0.4, 0.5) is 0 Å². The molecule has 1 aliphatic heterocycles. The van der Waals surface area contributed by atoms with Crippen LogP contribution in [0.3, 0.4) is 0 Å². The van der Waals surface area contributed by atoms with Crippen LogP contribution in [0.5, 0.6) is 0 Å². The van der Waals surface area contributed by atoms with Crippen molar-refractivity contribution in [3.63, 3.8) is 0 Å². The van der Waals surface area contributed by atoms with Crippen LogP contribution >= 0.6 is 0 Å². The second-order valence-electron chi connectivity index (χ2n) is 4.43. The highest BCUT2D eigenvalue weighted by Gasteiger charge is 2.28. The predicted octanol–water partition coefficient (Wildman–Crippen LogP) is 0.134. The van der Waals surface area contributed by atoms with Crippen molar-refractivity contribution in [2.24, 2.45) is 0 Å². The van der Waals surface area contributed by atoms with Crippen molar-refractivity contribution in [1.29, 1.82) is 0 Å². The van der Waals surface area contributed by atoms with Gasteiger partial charge < -0.3 is 10.0 Å². The fourth-order valence-corrected chi connectivity index (χ4v) is 2.29. The molecule has 1 saturated heterocycles. The van der Waals surface area contributed by atoms with E-state index in [4.69, 9.17) is 5.11 Å². The molecular formula is C11H16N4O3. The highest BCUT2D eigenvalue weighted by molar-refractivity contribution is 5.77. The molecular weight excluding hydrogens is 236 g/mol. The lowest BCUT2D eigenvalue weighted by molar-refractivity contribution is -0.142. The van der Waals surface area contributed by atoms with Crippen molar-refractivity contribution in [3.8, 4) is 0 Å². The summed E-state index contributed by atoms with van der Waals surface area (Å²) in [6.07, 6.45) is 5.54. The topological polar surface area (TPSA) is 88.3 Å². The second kappa shape index (κ2) is 5.61. The van der Waals surface area contributed by atoms with Crippen molar-refractivity contribution in [2.45, 2.75) is 38.3 Å². The maximum Gasteiger partial charge on any atom is 0.305 e. The largest absolute Gasteiger partial charge is 0.481 e. The van der Waals surface area contributed by atoms with E-state index in [0.717, 1.165) is 19.3 Å². The first-order valence-electron chi connectivity index (χ1n) is 6.00. The monoisotopic (exact) mass is 252 g/mol. The summed E-state index contributed by atoms with van der Waals surface area (Å²) in [6.45, 7) is 0.752. The summed E-state index contributed by atoms with van der Waals surface area (Å²) in [6, 6.07) is -0.188. The normalized spacial score (nSPS) is 19.8. The SMILES string of the molecule is O=C(O)CC1CCCCN1C(=O)Cn1cncn1.